The van der Waals surface area contributed by atoms with Gasteiger partial charge in [-0.3, -0.25) is 4.79 Å². The van der Waals surface area contributed by atoms with Crippen molar-refractivity contribution in [1.29, 1.82) is 0 Å². The van der Waals surface area contributed by atoms with Gasteiger partial charge in [0.1, 0.15) is 5.82 Å². The average molecular weight is 330 g/mol. The Labute approximate surface area is 131 Å². The number of carbonyl (C=O) groups is 1. The van der Waals surface area contributed by atoms with Gasteiger partial charge in [-0.15, -0.1) is 0 Å². The highest BCUT2D eigenvalue weighted by Gasteiger charge is 2.25. The van der Waals surface area contributed by atoms with Crippen LogP contribution in [0.5, 0.6) is 0 Å². The minimum atomic E-state index is -3.80. The summed E-state index contributed by atoms with van der Waals surface area (Å²) in [5.41, 5.74) is 0. The van der Waals surface area contributed by atoms with E-state index in [0.29, 0.717) is 12.5 Å². The van der Waals surface area contributed by atoms with E-state index in [-0.39, 0.29) is 23.9 Å². The normalized spacial score (nSPS) is 11.9. The van der Waals surface area contributed by atoms with Crippen LogP contribution in [0.3, 0.4) is 0 Å². The number of nitrogens with one attached hydrogen (secondary N) is 1. The van der Waals surface area contributed by atoms with E-state index in [2.05, 4.69) is 5.32 Å². The van der Waals surface area contributed by atoms with Gasteiger partial charge in [0.15, 0.2) is 0 Å². The van der Waals surface area contributed by atoms with Gasteiger partial charge in [0.2, 0.25) is 15.9 Å². The molecular formula is C15H23FN2O3S. The lowest BCUT2D eigenvalue weighted by molar-refractivity contribution is -0.121. The summed E-state index contributed by atoms with van der Waals surface area (Å²) < 4.78 is 38.8. The van der Waals surface area contributed by atoms with E-state index in [1.807, 2.05) is 13.8 Å². The van der Waals surface area contributed by atoms with Gasteiger partial charge in [-0.25, -0.2) is 12.8 Å². The summed E-state index contributed by atoms with van der Waals surface area (Å²) in [6, 6.07) is 4.57. The Bertz CT molecular complexity index is 585. The number of sulfonamides is 1. The maximum Gasteiger partial charge on any atom is 0.243 e. The van der Waals surface area contributed by atoms with Crippen molar-refractivity contribution in [2.24, 2.45) is 5.92 Å². The largest absolute Gasteiger partial charge is 0.355 e. The van der Waals surface area contributed by atoms with Gasteiger partial charge in [-0.05, 0) is 36.6 Å². The number of hydrogen-bond acceptors (Lipinski definition) is 3. The molecule has 1 aromatic carbocycles. The van der Waals surface area contributed by atoms with Crippen LogP contribution in [0.25, 0.3) is 0 Å². The van der Waals surface area contributed by atoms with E-state index in [0.717, 1.165) is 22.9 Å². The van der Waals surface area contributed by atoms with Gasteiger partial charge in [0.25, 0.3) is 0 Å². The van der Waals surface area contributed by atoms with E-state index in [4.69, 9.17) is 0 Å². The molecule has 1 aromatic rings. The molecule has 0 saturated carbocycles. The van der Waals surface area contributed by atoms with Gasteiger partial charge in [0, 0.05) is 13.1 Å². The molecule has 1 amide bonds. The molecule has 1 N–H and O–H groups in total. The first-order valence-corrected chi connectivity index (χ1v) is 8.73. The van der Waals surface area contributed by atoms with Gasteiger partial charge >= 0.3 is 0 Å². The summed E-state index contributed by atoms with van der Waals surface area (Å²) in [5, 5.41) is 2.71. The second-order valence-electron chi connectivity index (χ2n) is 5.42. The Morgan fingerprint density at radius 3 is 2.36 bits per heavy atom. The van der Waals surface area contributed by atoms with Gasteiger partial charge in [-0.1, -0.05) is 20.8 Å². The number of benzene rings is 1. The first-order valence-electron chi connectivity index (χ1n) is 7.29. The Morgan fingerprint density at radius 1 is 1.27 bits per heavy atom. The first kappa shape index (κ1) is 18.6. The van der Waals surface area contributed by atoms with Crippen LogP contribution < -0.4 is 5.32 Å². The van der Waals surface area contributed by atoms with Crippen molar-refractivity contribution < 1.29 is 17.6 Å². The summed E-state index contributed by atoms with van der Waals surface area (Å²) in [6.45, 7) is 6.19. The van der Waals surface area contributed by atoms with Crippen LogP contribution in [0, 0.1) is 11.7 Å². The van der Waals surface area contributed by atoms with Crippen molar-refractivity contribution in [2.45, 2.75) is 32.1 Å². The minimum absolute atomic E-state index is 0.0225. The molecule has 0 bridgehead atoms. The number of halogens is 1. The molecule has 0 aliphatic carbocycles. The lowest BCUT2D eigenvalue weighted by Crippen LogP contribution is -2.41. The fourth-order valence-electron chi connectivity index (χ4n) is 1.84. The monoisotopic (exact) mass is 330 g/mol. The summed E-state index contributed by atoms with van der Waals surface area (Å²) in [7, 11) is -3.80. The van der Waals surface area contributed by atoms with Crippen LogP contribution in [0.15, 0.2) is 29.2 Å². The molecule has 0 fully saturated rings. The fraction of sp³-hybridized carbons (Fsp3) is 0.533. The molecule has 7 heteroatoms. The van der Waals surface area contributed by atoms with Crippen LogP contribution in [-0.4, -0.2) is 38.3 Å². The fourth-order valence-corrected chi connectivity index (χ4v) is 3.24. The van der Waals surface area contributed by atoms with Crippen LogP contribution in [-0.2, 0) is 14.8 Å². The van der Waals surface area contributed by atoms with Crippen molar-refractivity contribution in [3.8, 4) is 0 Å². The predicted octanol–water partition coefficient (Wildman–Crippen LogP) is 2.00. The smallest absolute Gasteiger partial charge is 0.243 e. The highest BCUT2D eigenvalue weighted by Crippen LogP contribution is 2.15. The second-order valence-corrected chi connectivity index (χ2v) is 7.36. The van der Waals surface area contributed by atoms with Gasteiger partial charge in [0.05, 0.1) is 11.4 Å². The zero-order valence-electron chi connectivity index (χ0n) is 13.2. The number of hydrogen-bond donors (Lipinski definition) is 1. The third-order valence-corrected chi connectivity index (χ3v) is 5.10. The maximum absolute atomic E-state index is 12.9. The zero-order chi connectivity index (χ0) is 16.8. The molecule has 0 heterocycles. The molecule has 0 aliphatic rings. The second kappa shape index (κ2) is 8.24. The van der Waals surface area contributed by atoms with Gasteiger partial charge < -0.3 is 5.32 Å². The summed E-state index contributed by atoms with van der Waals surface area (Å²) >= 11 is 0. The average Bonchev–Trinajstić information content (AvgIpc) is 2.44. The molecule has 0 spiro atoms. The molecule has 0 unspecified atom stereocenters. The molecule has 0 aliphatic heterocycles. The molecule has 0 aromatic heterocycles. The molecular weight excluding hydrogens is 307 g/mol. The number of likely N-dealkylation sites (N-methyl/N-ethyl adjacent to an activating group) is 1. The SMILES string of the molecule is CCN(CC(=O)NCCC(C)C)S(=O)(=O)c1ccc(F)cc1. The Morgan fingerprint density at radius 2 is 1.86 bits per heavy atom. The molecule has 0 atom stereocenters. The predicted molar refractivity (Wildman–Crippen MR) is 83.3 cm³/mol. The van der Waals surface area contributed by atoms with Crippen molar-refractivity contribution >= 4 is 15.9 Å². The van der Waals surface area contributed by atoms with Crippen LogP contribution in [0.1, 0.15) is 27.2 Å². The lowest BCUT2D eigenvalue weighted by Gasteiger charge is -2.20. The summed E-state index contributed by atoms with van der Waals surface area (Å²) in [6.07, 6.45) is 0.836. The van der Waals surface area contributed by atoms with E-state index in [9.17, 15) is 17.6 Å². The standard InChI is InChI=1S/C15H23FN2O3S/c1-4-18(11-15(19)17-10-9-12(2)3)22(20,21)14-7-5-13(16)6-8-14/h5-8,12H,4,9-11H2,1-3H3,(H,17,19). The molecule has 22 heavy (non-hydrogen) atoms. The summed E-state index contributed by atoms with van der Waals surface area (Å²) in [5.74, 6) is -0.382. The van der Waals surface area contributed by atoms with Crippen LogP contribution >= 0.6 is 0 Å². The Hall–Kier alpha value is -1.47. The van der Waals surface area contributed by atoms with Crippen molar-refractivity contribution in [3.63, 3.8) is 0 Å². The number of amides is 1. The Kier molecular flexibility index (Phi) is 6.96. The third-order valence-electron chi connectivity index (χ3n) is 3.17. The minimum Gasteiger partial charge on any atom is -0.355 e. The van der Waals surface area contributed by atoms with Crippen molar-refractivity contribution in [3.05, 3.63) is 30.1 Å². The molecule has 1 rings (SSSR count). The highest BCUT2D eigenvalue weighted by molar-refractivity contribution is 7.89. The van der Waals surface area contributed by atoms with Gasteiger partial charge in [-0.2, -0.15) is 4.31 Å². The number of carbonyl (C=O) groups excluding carboxylic acids is 1. The van der Waals surface area contributed by atoms with E-state index >= 15 is 0 Å². The molecule has 0 radical (unpaired) electrons. The third kappa shape index (κ3) is 5.38. The zero-order valence-corrected chi connectivity index (χ0v) is 14.0. The number of rotatable bonds is 8. The molecule has 124 valence electrons. The lowest BCUT2D eigenvalue weighted by atomic mass is 10.1. The van der Waals surface area contributed by atoms with E-state index in [1.165, 1.54) is 12.1 Å². The maximum atomic E-state index is 12.9. The summed E-state index contributed by atoms with van der Waals surface area (Å²) in [4.78, 5) is 11.8. The quantitative estimate of drug-likeness (QED) is 0.793. The van der Waals surface area contributed by atoms with Crippen molar-refractivity contribution in [2.75, 3.05) is 19.6 Å². The topological polar surface area (TPSA) is 66.5 Å². The molecule has 0 saturated heterocycles. The van der Waals surface area contributed by atoms with Crippen molar-refractivity contribution in [1.82, 2.24) is 9.62 Å². The van der Waals surface area contributed by atoms with E-state index in [1.54, 1.807) is 6.92 Å². The van der Waals surface area contributed by atoms with Crippen LogP contribution in [0.2, 0.25) is 0 Å². The van der Waals surface area contributed by atoms with Crippen LogP contribution in [0.4, 0.5) is 4.39 Å². The number of nitrogens with zero attached hydrogens (tertiary/aromatic N) is 1. The first-order chi connectivity index (χ1) is 10.3. The van der Waals surface area contributed by atoms with E-state index < -0.39 is 15.8 Å². The highest BCUT2D eigenvalue weighted by atomic mass is 32.2. The Balaban J connectivity index is 2.73. The molecule has 5 nitrogen and oxygen atoms in total.